The Morgan fingerprint density at radius 2 is 1.24 bits per heavy atom. The molecule has 0 bridgehead atoms. The van der Waals surface area contributed by atoms with Gasteiger partial charge < -0.3 is 28.4 Å². The van der Waals surface area contributed by atoms with Crippen LogP contribution in [0.3, 0.4) is 0 Å². The normalized spacial score (nSPS) is 16.9. The molecule has 1 fully saturated rings. The molecular formula is C32H40O9. The third-order valence-corrected chi connectivity index (χ3v) is 6.07. The van der Waals surface area contributed by atoms with Crippen LogP contribution < -0.4 is 4.74 Å². The summed E-state index contributed by atoms with van der Waals surface area (Å²) in [4.78, 5) is 36.2. The van der Waals surface area contributed by atoms with Crippen LogP contribution in [0.2, 0.25) is 0 Å². The zero-order valence-electron chi connectivity index (χ0n) is 24.2. The number of carbonyl (C=O) groups is 3. The van der Waals surface area contributed by atoms with Crippen LogP contribution in [-0.2, 0) is 38.1 Å². The van der Waals surface area contributed by atoms with Crippen molar-refractivity contribution in [3.8, 4) is 16.9 Å². The Hall–Kier alpha value is -3.69. The number of rotatable bonds is 15. The van der Waals surface area contributed by atoms with Crippen molar-refractivity contribution >= 4 is 17.9 Å². The summed E-state index contributed by atoms with van der Waals surface area (Å²) in [6.07, 6.45) is 0.766. The largest absolute Gasteiger partial charge is 0.494 e. The van der Waals surface area contributed by atoms with Crippen molar-refractivity contribution in [2.45, 2.75) is 84.1 Å². The third-order valence-electron chi connectivity index (χ3n) is 6.07. The predicted molar refractivity (Wildman–Crippen MR) is 152 cm³/mol. The average molecular weight is 569 g/mol. The second-order valence-electron chi connectivity index (χ2n) is 10.2. The van der Waals surface area contributed by atoms with Crippen molar-refractivity contribution in [1.29, 1.82) is 0 Å². The van der Waals surface area contributed by atoms with Crippen LogP contribution in [0.1, 0.15) is 65.2 Å². The van der Waals surface area contributed by atoms with Crippen LogP contribution in [0, 0.1) is 0 Å². The molecule has 0 N–H and O–H groups in total. The molecule has 41 heavy (non-hydrogen) atoms. The van der Waals surface area contributed by atoms with Crippen LogP contribution in [0.4, 0.5) is 0 Å². The van der Waals surface area contributed by atoms with Crippen molar-refractivity contribution in [3.05, 3.63) is 66.7 Å². The molecule has 0 saturated carbocycles. The van der Waals surface area contributed by atoms with E-state index >= 15 is 0 Å². The number of unbranched alkanes of at least 4 members (excludes halogenated alkanes) is 3. The lowest BCUT2D eigenvalue weighted by Gasteiger charge is -2.17. The molecule has 1 aliphatic rings. The van der Waals surface area contributed by atoms with Gasteiger partial charge in [-0.3, -0.25) is 0 Å². The van der Waals surface area contributed by atoms with Crippen LogP contribution >= 0.6 is 0 Å². The topological polar surface area (TPSA) is 107 Å². The number of ether oxygens (including phenoxy) is 6. The highest BCUT2D eigenvalue weighted by Crippen LogP contribution is 2.34. The summed E-state index contributed by atoms with van der Waals surface area (Å²) >= 11 is 0. The monoisotopic (exact) mass is 568 g/mol. The molecule has 2 aromatic carbocycles. The van der Waals surface area contributed by atoms with Crippen molar-refractivity contribution in [2.24, 2.45) is 0 Å². The van der Waals surface area contributed by atoms with Gasteiger partial charge in [-0.15, -0.1) is 0 Å². The summed E-state index contributed by atoms with van der Waals surface area (Å²) in [6.45, 7) is 11.3. The van der Waals surface area contributed by atoms with E-state index in [2.05, 4.69) is 6.58 Å². The second-order valence-corrected chi connectivity index (χ2v) is 10.2. The maximum Gasteiger partial charge on any atom is 0.339 e. The van der Waals surface area contributed by atoms with E-state index in [1.54, 1.807) is 27.7 Å². The van der Waals surface area contributed by atoms with Gasteiger partial charge >= 0.3 is 17.9 Å². The third kappa shape index (κ3) is 10.0. The molecule has 9 heteroatoms. The Morgan fingerprint density at radius 3 is 1.73 bits per heavy atom. The summed E-state index contributed by atoms with van der Waals surface area (Å²) in [5.74, 6) is -0.934. The molecule has 1 heterocycles. The Morgan fingerprint density at radius 1 is 0.756 bits per heavy atom. The van der Waals surface area contributed by atoms with E-state index in [1.165, 1.54) is 6.08 Å². The lowest BCUT2D eigenvalue weighted by Crippen LogP contribution is -2.40. The van der Waals surface area contributed by atoms with E-state index in [0.717, 1.165) is 42.6 Å². The van der Waals surface area contributed by atoms with Gasteiger partial charge in [0.25, 0.3) is 0 Å². The van der Waals surface area contributed by atoms with Gasteiger partial charge in [-0.2, -0.15) is 0 Å². The Balaban J connectivity index is 1.51. The van der Waals surface area contributed by atoms with Crippen LogP contribution in [-0.4, -0.2) is 55.5 Å². The highest BCUT2D eigenvalue weighted by molar-refractivity contribution is 5.86. The quantitative estimate of drug-likeness (QED) is 0.116. The number of esters is 3. The van der Waals surface area contributed by atoms with E-state index in [9.17, 15) is 14.4 Å². The number of benzene rings is 2. The van der Waals surface area contributed by atoms with E-state index < -0.39 is 30.4 Å². The van der Waals surface area contributed by atoms with E-state index in [1.807, 2.05) is 48.5 Å². The van der Waals surface area contributed by atoms with Gasteiger partial charge in [0.05, 0.1) is 25.4 Å². The van der Waals surface area contributed by atoms with Crippen molar-refractivity contribution in [3.63, 3.8) is 0 Å². The maximum absolute atomic E-state index is 12.6. The van der Waals surface area contributed by atoms with Crippen LogP contribution in [0.25, 0.3) is 11.1 Å². The minimum absolute atomic E-state index is 0.366. The molecule has 0 unspecified atom stereocenters. The van der Waals surface area contributed by atoms with E-state index in [4.69, 9.17) is 28.4 Å². The summed E-state index contributed by atoms with van der Waals surface area (Å²) in [7, 11) is 0. The van der Waals surface area contributed by atoms with Gasteiger partial charge in [0.1, 0.15) is 5.75 Å². The zero-order chi connectivity index (χ0) is 29.8. The van der Waals surface area contributed by atoms with Crippen LogP contribution in [0.15, 0.2) is 61.2 Å². The molecule has 0 aromatic heterocycles. The maximum atomic E-state index is 12.6. The van der Waals surface area contributed by atoms with Gasteiger partial charge in [-0.25, -0.2) is 14.4 Å². The molecule has 222 valence electrons. The fraction of sp³-hybridized carbons (Fsp3) is 0.469. The van der Waals surface area contributed by atoms with Gasteiger partial charge in [0.2, 0.25) is 0 Å². The highest BCUT2D eigenvalue weighted by Gasteiger charge is 2.48. The lowest BCUT2D eigenvalue weighted by molar-refractivity contribution is -0.167. The van der Waals surface area contributed by atoms with Gasteiger partial charge in [0, 0.05) is 11.6 Å². The Bertz CT molecular complexity index is 1110. The fourth-order valence-electron chi connectivity index (χ4n) is 4.11. The zero-order valence-corrected chi connectivity index (χ0v) is 24.2. The summed E-state index contributed by atoms with van der Waals surface area (Å²) < 4.78 is 33.0. The molecule has 9 nitrogen and oxygen atoms in total. The fourth-order valence-corrected chi connectivity index (χ4v) is 4.11. The highest BCUT2D eigenvalue weighted by atomic mass is 16.8. The molecule has 2 aromatic rings. The molecule has 0 radical (unpaired) electrons. The predicted octanol–water partition coefficient (Wildman–Crippen LogP) is 5.71. The average Bonchev–Trinajstić information content (AvgIpc) is 3.40. The first-order valence-electron chi connectivity index (χ1n) is 14.0. The molecular weight excluding hydrogens is 528 g/mol. The summed E-state index contributed by atoms with van der Waals surface area (Å²) in [5, 5.41) is 0. The van der Waals surface area contributed by atoms with E-state index in [-0.39, 0.29) is 18.2 Å². The molecule has 0 aliphatic carbocycles. The first-order valence-corrected chi connectivity index (χ1v) is 14.0. The van der Waals surface area contributed by atoms with Gasteiger partial charge in [-0.1, -0.05) is 43.0 Å². The second kappa shape index (κ2) is 15.9. The van der Waals surface area contributed by atoms with Crippen molar-refractivity contribution in [1.82, 2.24) is 0 Å². The number of carbonyl (C=O) groups excluding carboxylic acids is 3. The van der Waals surface area contributed by atoms with E-state index in [0.29, 0.717) is 18.8 Å². The molecule has 1 saturated heterocycles. The number of hydrogen-bond acceptors (Lipinski definition) is 9. The molecule has 0 spiro atoms. The summed E-state index contributed by atoms with van der Waals surface area (Å²) in [6, 6.07) is 15.3. The first-order chi connectivity index (χ1) is 19.7. The SMILES string of the molecule is C=CC(=O)OCCCCCCOc1ccc(-c2ccc(C3O[C@@H](C(=O)OC(C)C)[C@H](C(=O)OC(C)C)O3)cc2)cc1. The Kier molecular flexibility index (Phi) is 12.4. The van der Waals surface area contributed by atoms with Gasteiger partial charge in [-0.05, 0) is 76.6 Å². The summed E-state index contributed by atoms with van der Waals surface area (Å²) in [5.41, 5.74) is 2.64. The smallest absolute Gasteiger partial charge is 0.339 e. The minimum Gasteiger partial charge on any atom is -0.494 e. The Labute approximate surface area is 241 Å². The van der Waals surface area contributed by atoms with Crippen molar-refractivity contribution < 1.29 is 42.8 Å². The van der Waals surface area contributed by atoms with Crippen LogP contribution in [0.5, 0.6) is 5.75 Å². The minimum atomic E-state index is -1.22. The van der Waals surface area contributed by atoms with Gasteiger partial charge in [0.15, 0.2) is 18.5 Å². The molecule has 0 amide bonds. The van der Waals surface area contributed by atoms with Crippen molar-refractivity contribution in [2.75, 3.05) is 13.2 Å². The number of hydrogen-bond donors (Lipinski definition) is 0. The molecule has 2 atom stereocenters. The molecule has 1 aliphatic heterocycles. The first kappa shape index (κ1) is 31.8. The standard InChI is InChI=1S/C32H40O9/c1-6-27(33)37-20-10-8-7-9-19-36-26-17-15-24(16-18-26)23-11-13-25(14-12-23)32-40-28(30(34)38-21(2)3)29(41-32)31(35)39-22(4)5/h6,11-18,21-22,28-29,32H,1,7-10,19-20H2,2-5H3/t28-,29-/m1/s1. The molecule has 3 rings (SSSR count). The lowest BCUT2D eigenvalue weighted by atomic mass is 10.0.